The standard InChI is InChI=1S/C15H16N2O3/c1-11-5-6-12-3-2-4-13(14(12)16-11)20-15(18)17-7-9-19-10-8-17/h2-6H,7-10H2,1H3/p+1. The van der Waals surface area contributed by atoms with Crippen molar-refractivity contribution in [2.75, 3.05) is 26.3 Å². The van der Waals surface area contributed by atoms with Crippen LogP contribution >= 0.6 is 0 Å². The molecular weight excluding hydrogens is 256 g/mol. The molecule has 1 aliphatic heterocycles. The summed E-state index contributed by atoms with van der Waals surface area (Å²) in [7, 11) is 0. The van der Waals surface area contributed by atoms with Gasteiger partial charge in [-0.3, -0.25) is 0 Å². The molecule has 0 bridgehead atoms. The molecule has 1 aliphatic rings. The van der Waals surface area contributed by atoms with Gasteiger partial charge < -0.3 is 14.4 Å². The van der Waals surface area contributed by atoms with Crippen LogP contribution < -0.4 is 9.72 Å². The van der Waals surface area contributed by atoms with Crippen molar-refractivity contribution in [2.45, 2.75) is 6.92 Å². The predicted octanol–water partition coefficient (Wildman–Crippen LogP) is 1.79. The molecule has 2 heterocycles. The molecule has 2 aromatic rings. The second-order valence-electron chi connectivity index (χ2n) is 4.83. The number of H-pyrrole nitrogens is 1. The van der Waals surface area contributed by atoms with Gasteiger partial charge in [0, 0.05) is 26.1 Å². The van der Waals surface area contributed by atoms with Crippen LogP contribution in [0.1, 0.15) is 5.69 Å². The first-order chi connectivity index (χ1) is 9.74. The Kier molecular flexibility index (Phi) is 3.52. The van der Waals surface area contributed by atoms with Gasteiger partial charge in [0.25, 0.3) is 5.52 Å². The normalized spacial score (nSPS) is 15.3. The molecule has 0 unspecified atom stereocenters. The lowest BCUT2D eigenvalue weighted by molar-refractivity contribution is -0.355. The number of para-hydroxylation sites is 1. The van der Waals surface area contributed by atoms with Crippen molar-refractivity contribution in [2.24, 2.45) is 0 Å². The van der Waals surface area contributed by atoms with E-state index in [1.54, 1.807) is 11.0 Å². The van der Waals surface area contributed by atoms with Gasteiger partial charge in [0.05, 0.1) is 18.6 Å². The van der Waals surface area contributed by atoms with Crippen LogP contribution in [0.2, 0.25) is 0 Å². The first-order valence-electron chi connectivity index (χ1n) is 6.70. The monoisotopic (exact) mass is 273 g/mol. The average molecular weight is 273 g/mol. The SMILES string of the molecule is Cc1ccc2cccc(OC(=O)N3CCOCC3)c2[nH+]1. The van der Waals surface area contributed by atoms with E-state index in [0.717, 1.165) is 16.6 Å². The quantitative estimate of drug-likeness (QED) is 0.796. The van der Waals surface area contributed by atoms with Crippen molar-refractivity contribution < 1.29 is 19.3 Å². The predicted molar refractivity (Wildman–Crippen MR) is 73.7 cm³/mol. The molecule has 104 valence electrons. The third-order valence-electron chi connectivity index (χ3n) is 3.36. The fraction of sp³-hybridized carbons (Fsp3) is 0.333. The average Bonchev–Trinajstić information content (AvgIpc) is 2.49. The van der Waals surface area contributed by atoms with Crippen LogP contribution in [0.15, 0.2) is 30.3 Å². The van der Waals surface area contributed by atoms with Crippen LogP contribution in [0, 0.1) is 6.92 Å². The maximum Gasteiger partial charge on any atom is 0.415 e. The molecule has 0 saturated carbocycles. The van der Waals surface area contributed by atoms with Gasteiger partial charge in [-0.15, -0.1) is 0 Å². The van der Waals surface area contributed by atoms with E-state index < -0.39 is 0 Å². The van der Waals surface area contributed by atoms with E-state index in [4.69, 9.17) is 9.47 Å². The topological polar surface area (TPSA) is 52.9 Å². The summed E-state index contributed by atoms with van der Waals surface area (Å²) in [6.07, 6.45) is -0.323. The van der Waals surface area contributed by atoms with Gasteiger partial charge in [-0.25, -0.2) is 9.78 Å². The number of pyridine rings is 1. The number of nitrogens with zero attached hydrogens (tertiary/aromatic N) is 1. The highest BCUT2D eigenvalue weighted by Crippen LogP contribution is 2.22. The highest BCUT2D eigenvalue weighted by Gasteiger charge is 2.21. The Balaban J connectivity index is 1.86. The van der Waals surface area contributed by atoms with E-state index in [0.29, 0.717) is 32.1 Å². The van der Waals surface area contributed by atoms with E-state index in [-0.39, 0.29) is 6.09 Å². The Morgan fingerprint density at radius 2 is 2.05 bits per heavy atom. The number of hydrogen-bond donors (Lipinski definition) is 0. The molecule has 1 N–H and O–H groups in total. The van der Waals surface area contributed by atoms with Gasteiger partial charge in [-0.1, -0.05) is 6.07 Å². The van der Waals surface area contributed by atoms with E-state index in [9.17, 15) is 4.79 Å². The minimum absolute atomic E-state index is 0.323. The van der Waals surface area contributed by atoms with Gasteiger partial charge in [0.2, 0.25) is 5.75 Å². The molecule has 0 aliphatic carbocycles. The number of rotatable bonds is 1. The number of hydrogen-bond acceptors (Lipinski definition) is 3. The van der Waals surface area contributed by atoms with Crippen LogP contribution in [-0.4, -0.2) is 37.3 Å². The van der Waals surface area contributed by atoms with Crippen LogP contribution in [0.3, 0.4) is 0 Å². The number of amides is 1. The van der Waals surface area contributed by atoms with Crippen LogP contribution in [0.4, 0.5) is 4.79 Å². The summed E-state index contributed by atoms with van der Waals surface area (Å²) in [6, 6.07) is 9.67. The molecule has 5 heteroatoms. The highest BCUT2D eigenvalue weighted by molar-refractivity contribution is 5.84. The maximum absolute atomic E-state index is 12.1. The number of fused-ring (bicyclic) bond motifs is 1. The van der Waals surface area contributed by atoms with Crippen LogP contribution in [-0.2, 0) is 4.74 Å². The summed E-state index contributed by atoms with van der Waals surface area (Å²) < 4.78 is 10.8. The van der Waals surface area contributed by atoms with Crippen molar-refractivity contribution in [1.29, 1.82) is 0 Å². The van der Waals surface area contributed by atoms with E-state index in [2.05, 4.69) is 4.98 Å². The molecule has 1 amide bonds. The number of benzene rings is 1. The van der Waals surface area contributed by atoms with E-state index >= 15 is 0 Å². The zero-order chi connectivity index (χ0) is 13.9. The number of nitrogens with one attached hydrogen (secondary N) is 1. The molecule has 0 spiro atoms. The smallest absolute Gasteiger partial charge is 0.403 e. The number of carbonyl (C=O) groups is 1. The van der Waals surface area contributed by atoms with Gasteiger partial charge in [0.1, 0.15) is 0 Å². The molecule has 1 fully saturated rings. The van der Waals surface area contributed by atoms with Crippen molar-refractivity contribution >= 4 is 17.0 Å². The van der Waals surface area contributed by atoms with Crippen LogP contribution in [0.5, 0.6) is 5.75 Å². The molecule has 20 heavy (non-hydrogen) atoms. The highest BCUT2D eigenvalue weighted by atomic mass is 16.6. The first-order valence-corrected chi connectivity index (χ1v) is 6.70. The lowest BCUT2D eigenvalue weighted by Crippen LogP contribution is -2.42. The fourth-order valence-electron chi connectivity index (χ4n) is 2.26. The lowest BCUT2D eigenvalue weighted by Gasteiger charge is -2.25. The third kappa shape index (κ3) is 2.58. The number of aryl methyl sites for hydroxylation is 1. The van der Waals surface area contributed by atoms with Gasteiger partial charge in [0.15, 0.2) is 5.69 Å². The van der Waals surface area contributed by atoms with Crippen LogP contribution in [0.25, 0.3) is 10.9 Å². The third-order valence-corrected chi connectivity index (χ3v) is 3.36. The molecule has 3 rings (SSSR count). The Labute approximate surface area is 117 Å². The molecule has 0 atom stereocenters. The van der Waals surface area contributed by atoms with E-state index in [1.807, 2.05) is 31.2 Å². The minimum atomic E-state index is -0.323. The number of carbonyl (C=O) groups excluding carboxylic acids is 1. The lowest BCUT2D eigenvalue weighted by atomic mass is 10.2. The fourth-order valence-corrected chi connectivity index (χ4v) is 2.26. The Morgan fingerprint density at radius 1 is 1.25 bits per heavy atom. The molecule has 1 saturated heterocycles. The zero-order valence-electron chi connectivity index (χ0n) is 11.4. The summed E-state index contributed by atoms with van der Waals surface area (Å²) in [5.74, 6) is 0.558. The van der Waals surface area contributed by atoms with Crippen molar-refractivity contribution in [1.82, 2.24) is 4.90 Å². The zero-order valence-corrected chi connectivity index (χ0v) is 11.4. The van der Waals surface area contributed by atoms with Gasteiger partial charge in [-0.05, 0) is 18.2 Å². The maximum atomic E-state index is 12.1. The van der Waals surface area contributed by atoms with Crippen molar-refractivity contribution in [3.05, 3.63) is 36.0 Å². The number of aromatic amines is 1. The number of morpholine rings is 1. The minimum Gasteiger partial charge on any atom is -0.403 e. The largest absolute Gasteiger partial charge is 0.415 e. The van der Waals surface area contributed by atoms with E-state index in [1.165, 1.54) is 0 Å². The second kappa shape index (κ2) is 5.46. The summed E-state index contributed by atoms with van der Waals surface area (Å²) in [5.41, 5.74) is 1.86. The second-order valence-corrected chi connectivity index (χ2v) is 4.83. The number of aromatic nitrogens is 1. The molecular formula is C15H17N2O3+. The Morgan fingerprint density at radius 3 is 2.85 bits per heavy atom. The summed E-state index contributed by atoms with van der Waals surface area (Å²) in [6.45, 7) is 4.25. The summed E-state index contributed by atoms with van der Waals surface area (Å²) >= 11 is 0. The molecule has 0 radical (unpaired) electrons. The summed E-state index contributed by atoms with van der Waals surface area (Å²) in [5, 5.41) is 1.02. The molecule has 5 nitrogen and oxygen atoms in total. The Bertz CT molecular complexity index is 636. The molecule has 1 aromatic carbocycles. The Hall–Kier alpha value is -2.14. The molecule has 1 aromatic heterocycles. The van der Waals surface area contributed by atoms with Gasteiger partial charge >= 0.3 is 6.09 Å². The van der Waals surface area contributed by atoms with Crippen molar-refractivity contribution in [3.63, 3.8) is 0 Å². The first kappa shape index (κ1) is 12.9. The van der Waals surface area contributed by atoms with Gasteiger partial charge in [-0.2, -0.15) is 0 Å². The van der Waals surface area contributed by atoms with Crippen molar-refractivity contribution in [3.8, 4) is 5.75 Å². The summed E-state index contributed by atoms with van der Waals surface area (Å²) in [4.78, 5) is 17.0. The number of ether oxygens (including phenoxy) is 2.